The van der Waals surface area contributed by atoms with Crippen LogP contribution in [0.1, 0.15) is 0 Å². The van der Waals surface area contributed by atoms with Gasteiger partial charge in [-0.2, -0.15) is 0 Å². The molecule has 0 aromatic heterocycles. The van der Waals surface area contributed by atoms with Crippen LogP contribution in [0.4, 0.5) is 26.3 Å². The quantitative estimate of drug-likeness (QED) is 0.362. The number of hydrogen-bond donors (Lipinski definition) is 0. The zero-order chi connectivity index (χ0) is 8.57. The van der Waals surface area contributed by atoms with Crippen molar-refractivity contribution >= 4 is 0 Å². The van der Waals surface area contributed by atoms with E-state index in [1.54, 1.807) is 0 Å². The molecule has 60 valence electrons. The minimum atomic E-state index is -2.41. The molecule has 0 fully saturated rings. The van der Waals surface area contributed by atoms with Crippen LogP contribution in [0.25, 0.3) is 0 Å². The average Bonchev–Trinajstić information content (AvgIpc) is 1.89. The fourth-order valence-corrected chi connectivity index (χ4v) is 0. The molecular weight excluding hydrogens is 274 g/mol. The van der Waals surface area contributed by atoms with Gasteiger partial charge in [-0.3, -0.25) is 0 Å². The third-order valence-corrected chi connectivity index (χ3v) is 0.143. The predicted molar refractivity (Wildman–Crippen MR) is 20.2 cm³/mol. The second kappa shape index (κ2) is 12.6. The van der Waals surface area contributed by atoms with Gasteiger partial charge in [-0.1, -0.05) is 0 Å². The molecule has 0 spiro atoms. The van der Waals surface area contributed by atoms with Crippen LogP contribution in [0.5, 0.6) is 0 Å². The van der Waals surface area contributed by atoms with Gasteiger partial charge in [-0.15, -0.1) is 0 Å². The zero-order valence-corrected chi connectivity index (χ0v) is 9.01. The summed E-state index contributed by atoms with van der Waals surface area (Å²) in [5, 5.41) is 0. The van der Waals surface area contributed by atoms with Gasteiger partial charge < -0.3 is 8.78 Å². The van der Waals surface area contributed by atoms with Crippen LogP contribution in [0, 0.1) is 12.7 Å². The Morgan fingerprint density at radius 3 is 0.818 bits per heavy atom. The Morgan fingerprint density at radius 2 is 0.818 bits per heavy atom. The predicted octanol–water partition coefficient (Wildman–Crippen LogP) is 2.99. The molecule has 0 nitrogen and oxygen atoms in total. The maximum Gasteiger partial charge on any atom is 2.00 e. The molecule has 0 atom stereocenters. The summed E-state index contributed by atoms with van der Waals surface area (Å²) < 4.78 is 60.9. The second-order valence-corrected chi connectivity index (χ2v) is 0.710. The van der Waals surface area contributed by atoms with E-state index in [9.17, 15) is 26.3 Å². The normalized spacial score (nSPS) is 6.36. The zero-order valence-electron chi connectivity index (χ0n) is 4.97. The number of rotatable bonds is 0. The largest absolute Gasteiger partial charge is 2.00 e. The summed E-state index contributed by atoms with van der Waals surface area (Å²) >= 11 is 0. The van der Waals surface area contributed by atoms with Gasteiger partial charge >= 0.3 is 27.3 Å². The molecule has 0 aromatic carbocycles. The molecule has 0 aliphatic carbocycles. The maximum absolute atomic E-state index is 10.2. The second-order valence-electron chi connectivity index (χ2n) is 0.710. The van der Waals surface area contributed by atoms with Crippen LogP contribution in [-0.2, 0) is 27.3 Å². The minimum Gasteiger partial charge on any atom is -0.453 e. The van der Waals surface area contributed by atoms with Crippen molar-refractivity contribution in [2.24, 2.45) is 0 Å². The molecular formula is C4CdF6. The molecule has 0 saturated heterocycles. The molecule has 0 aromatic rings. The first-order chi connectivity index (χ1) is 4.54. The molecule has 0 N–H and O–H groups in total. The summed E-state index contributed by atoms with van der Waals surface area (Å²) in [5.41, 5.74) is 0. The summed E-state index contributed by atoms with van der Waals surface area (Å²) in [6.45, 7) is 0. The third kappa shape index (κ3) is 40.1. The fourth-order valence-electron chi connectivity index (χ4n) is 0. The summed E-state index contributed by atoms with van der Waals surface area (Å²) in [6, 6.07) is 0. The van der Waals surface area contributed by atoms with Gasteiger partial charge in [0.25, 0.3) is 0 Å². The monoisotopic (exact) mass is 276 g/mol. The Balaban J connectivity index is -0.000000107. The topological polar surface area (TPSA) is 0 Å². The Morgan fingerprint density at radius 1 is 0.727 bits per heavy atom. The third-order valence-electron chi connectivity index (χ3n) is 0.143. The standard InChI is InChI=1S/2C2F3.Cd/c2*3-1-2(4)5;/q2*-1;+2. The van der Waals surface area contributed by atoms with Crippen molar-refractivity contribution in [3.63, 3.8) is 0 Å². The van der Waals surface area contributed by atoms with Gasteiger partial charge in [0.15, 0.2) is 0 Å². The van der Waals surface area contributed by atoms with Crippen molar-refractivity contribution < 1.29 is 53.6 Å². The minimum absolute atomic E-state index is 0. The van der Waals surface area contributed by atoms with Crippen molar-refractivity contribution in [1.82, 2.24) is 0 Å². The first-order valence-electron chi connectivity index (χ1n) is 1.63. The molecule has 7 heteroatoms. The Bertz CT molecular complexity index is 107. The SMILES string of the molecule is F[C-]=C(F)F.F[C-]=C(F)F.[Cd+2]. The van der Waals surface area contributed by atoms with Crippen molar-refractivity contribution in [2.75, 3.05) is 0 Å². The molecule has 0 aliphatic rings. The first kappa shape index (κ1) is 17.2. The van der Waals surface area contributed by atoms with Crippen LogP contribution in [0.15, 0.2) is 12.2 Å². The van der Waals surface area contributed by atoms with Gasteiger partial charge in [0.1, 0.15) is 12.2 Å². The maximum atomic E-state index is 10.2. The van der Waals surface area contributed by atoms with E-state index in [2.05, 4.69) is 0 Å². The van der Waals surface area contributed by atoms with Crippen molar-refractivity contribution in [2.45, 2.75) is 0 Å². The molecule has 0 saturated carbocycles. The van der Waals surface area contributed by atoms with E-state index < -0.39 is 12.2 Å². The van der Waals surface area contributed by atoms with Crippen LogP contribution < -0.4 is 0 Å². The summed E-state index contributed by atoms with van der Waals surface area (Å²) in [6.07, 6.45) is -4.60. The molecule has 0 radical (unpaired) electrons. The van der Waals surface area contributed by atoms with Gasteiger partial charge in [-0.05, 0) is 0 Å². The van der Waals surface area contributed by atoms with Crippen molar-refractivity contribution in [1.29, 1.82) is 0 Å². The Kier molecular flexibility index (Phi) is 19.7. The van der Waals surface area contributed by atoms with Gasteiger partial charge in [0.2, 0.25) is 0 Å². The van der Waals surface area contributed by atoms with E-state index in [0.717, 1.165) is 0 Å². The Hall–Kier alpha value is -0.0179. The molecule has 0 bridgehead atoms. The van der Waals surface area contributed by atoms with Crippen LogP contribution in [0.2, 0.25) is 0 Å². The van der Waals surface area contributed by atoms with Gasteiger partial charge in [0, 0.05) is 0 Å². The number of halogens is 6. The first-order valence-corrected chi connectivity index (χ1v) is 1.63. The van der Waals surface area contributed by atoms with E-state index in [1.807, 2.05) is 0 Å². The molecule has 0 rings (SSSR count). The molecule has 0 unspecified atom stereocenters. The molecule has 0 heterocycles. The molecule has 0 aliphatic heterocycles. The van der Waals surface area contributed by atoms with E-state index in [4.69, 9.17) is 0 Å². The van der Waals surface area contributed by atoms with Crippen LogP contribution in [-0.4, -0.2) is 0 Å². The smallest absolute Gasteiger partial charge is 0.453 e. The average molecular weight is 274 g/mol. The van der Waals surface area contributed by atoms with Gasteiger partial charge in [0.05, 0.1) is 0 Å². The van der Waals surface area contributed by atoms with Crippen LogP contribution >= 0.6 is 0 Å². The summed E-state index contributed by atoms with van der Waals surface area (Å²) in [4.78, 5) is 0. The fraction of sp³-hybridized carbons (Fsp3) is 0. The van der Waals surface area contributed by atoms with Crippen molar-refractivity contribution in [3.8, 4) is 0 Å². The van der Waals surface area contributed by atoms with Crippen molar-refractivity contribution in [3.05, 3.63) is 24.8 Å². The number of hydrogen-bond acceptors (Lipinski definition) is 0. The van der Waals surface area contributed by atoms with E-state index in [0.29, 0.717) is 0 Å². The van der Waals surface area contributed by atoms with Gasteiger partial charge in [-0.25, -0.2) is 30.2 Å². The van der Waals surface area contributed by atoms with E-state index >= 15 is 0 Å². The van der Waals surface area contributed by atoms with E-state index in [1.165, 1.54) is 0 Å². The van der Waals surface area contributed by atoms with E-state index in [-0.39, 0.29) is 40.0 Å². The molecule has 0 amide bonds. The Labute approximate surface area is 78.7 Å². The van der Waals surface area contributed by atoms with Crippen LogP contribution in [0.3, 0.4) is 0 Å². The summed E-state index contributed by atoms with van der Waals surface area (Å²) in [7, 11) is 0. The summed E-state index contributed by atoms with van der Waals surface area (Å²) in [5.74, 6) is 0. The molecule has 11 heavy (non-hydrogen) atoms.